The van der Waals surface area contributed by atoms with E-state index in [9.17, 15) is 14.9 Å². The number of aromatic nitrogens is 1. The number of ether oxygens (including phenoxy) is 1. The highest BCUT2D eigenvalue weighted by Gasteiger charge is 2.19. The van der Waals surface area contributed by atoms with Crippen molar-refractivity contribution < 1.29 is 14.5 Å². The molecule has 2 rings (SSSR count). The standard InChI is InChI=1S/C14H10Cl2N2O4/c1-8-9(3-2-4-12(8)18(20)21)14(19)22-7-11-10(15)5-6-13(16)17-11/h2-6H,7H2,1H3. The average molecular weight is 341 g/mol. The Morgan fingerprint density at radius 2 is 2.05 bits per heavy atom. The number of pyridine rings is 1. The zero-order valence-corrected chi connectivity index (χ0v) is 12.9. The number of nitrogens with zero attached hydrogens (tertiary/aromatic N) is 2. The molecule has 0 bridgehead atoms. The lowest BCUT2D eigenvalue weighted by Crippen LogP contribution is -2.09. The third-order valence-corrected chi connectivity index (χ3v) is 3.50. The fraction of sp³-hybridized carbons (Fsp3) is 0.143. The molecule has 2 aromatic rings. The number of esters is 1. The molecule has 0 unspecified atom stereocenters. The molecule has 8 heteroatoms. The summed E-state index contributed by atoms with van der Waals surface area (Å²) >= 11 is 11.7. The van der Waals surface area contributed by atoms with Gasteiger partial charge in [0.05, 0.1) is 21.2 Å². The number of rotatable bonds is 4. The van der Waals surface area contributed by atoms with Crippen molar-refractivity contribution in [2.75, 3.05) is 0 Å². The lowest BCUT2D eigenvalue weighted by molar-refractivity contribution is -0.385. The number of hydrogen-bond acceptors (Lipinski definition) is 5. The van der Waals surface area contributed by atoms with E-state index in [1.807, 2.05) is 0 Å². The van der Waals surface area contributed by atoms with E-state index in [-0.39, 0.29) is 28.6 Å². The van der Waals surface area contributed by atoms with Gasteiger partial charge in [0.25, 0.3) is 5.69 Å². The van der Waals surface area contributed by atoms with Crippen molar-refractivity contribution in [2.45, 2.75) is 13.5 Å². The van der Waals surface area contributed by atoms with Crippen molar-refractivity contribution in [3.05, 3.63) is 67.4 Å². The number of carbonyl (C=O) groups is 1. The van der Waals surface area contributed by atoms with E-state index in [0.717, 1.165) is 0 Å². The van der Waals surface area contributed by atoms with Gasteiger partial charge in [-0.2, -0.15) is 0 Å². The van der Waals surface area contributed by atoms with Crippen LogP contribution in [0.2, 0.25) is 10.2 Å². The largest absolute Gasteiger partial charge is 0.456 e. The molecule has 1 aromatic carbocycles. The Kier molecular flexibility index (Phi) is 4.95. The van der Waals surface area contributed by atoms with Crippen molar-refractivity contribution in [1.82, 2.24) is 4.98 Å². The summed E-state index contributed by atoms with van der Waals surface area (Å²) in [5.74, 6) is -0.695. The first-order valence-electron chi connectivity index (χ1n) is 6.12. The molecule has 0 radical (unpaired) electrons. The summed E-state index contributed by atoms with van der Waals surface area (Å²) in [5, 5.41) is 11.4. The zero-order valence-electron chi connectivity index (χ0n) is 11.4. The van der Waals surface area contributed by atoms with Gasteiger partial charge in [0.15, 0.2) is 0 Å². The minimum Gasteiger partial charge on any atom is -0.456 e. The number of hydrogen-bond donors (Lipinski definition) is 0. The van der Waals surface area contributed by atoms with Crippen LogP contribution in [-0.4, -0.2) is 15.9 Å². The quantitative estimate of drug-likeness (QED) is 0.364. The molecule has 0 atom stereocenters. The SMILES string of the molecule is Cc1c(C(=O)OCc2nc(Cl)ccc2Cl)cccc1[N+](=O)[O-]. The van der Waals surface area contributed by atoms with E-state index in [0.29, 0.717) is 10.7 Å². The van der Waals surface area contributed by atoms with Gasteiger partial charge in [-0.05, 0) is 25.1 Å². The molecule has 0 amide bonds. The summed E-state index contributed by atoms with van der Waals surface area (Å²) in [7, 11) is 0. The Bertz CT molecular complexity index is 750. The summed E-state index contributed by atoms with van der Waals surface area (Å²) < 4.78 is 5.10. The molecular weight excluding hydrogens is 331 g/mol. The lowest BCUT2D eigenvalue weighted by Gasteiger charge is -2.08. The molecule has 1 heterocycles. The third-order valence-electron chi connectivity index (χ3n) is 2.95. The van der Waals surface area contributed by atoms with Crippen molar-refractivity contribution in [2.24, 2.45) is 0 Å². The maximum absolute atomic E-state index is 12.1. The first-order valence-corrected chi connectivity index (χ1v) is 6.88. The minimum atomic E-state index is -0.695. The monoisotopic (exact) mass is 340 g/mol. The second-order valence-corrected chi connectivity index (χ2v) is 5.14. The topological polar surface area (TPSA) is 82.3 Å². The number of halogens is 2. The van der Waals surface area contributed by atoms with Crippen LogP contribution in [0.5, 0.6) is 0 Å². The van der Waals surface area contributed by atoms with Gasteiger partial charge in [0.1, 0.15) is 11.8 Å². The van der Waals surface area contributed by atoms with Gasteiger partial charge in [-0.1, -0.05) is 29.3 Å². The molecule has 6 nitrogen and oxygen atoms in total. The molecule has 0 spiro atoms. The highest BCUT2D eigenvalue weighted by molar-refractivity contribution is 6.32. The first kappa shape index (κ1) is 16.2. The van der Waals surface area contributed by atoms with E-state index in [1.165, 1.54) is 31.2 Å². The fourth-order valence-electron chi connectivity index (χ4n) is 1.81. The molecule has 114 valence electrons. The zero-order chi connectivity index (χ0) is 16.3. The van der Waals surface area contributed by atoms with Gasteiger partial charge in [0, 0.05) is 11.6 Å². The number of carbonyl (C=O) groups excluding carboxylic acids is 1. The van der Waals surface area contributed by atoms with E-state index < -0.39 is 10.9 Å². The lowest BCUT2D eigenvalue weighted by atomic mass is 10.1. The molecule has 0 aliphatic carbocycles. The normalized spacial score (nSPS) is 10.3. The Balaban J connectivity index is 2.18. The number of benzene rings is 1. The van der Waals surface area contributed by atoms with E-state index in [2.05, 4.69) is 4.98 Å². The average Bonchev–Trinajstić information content (AvgIpc) is 2.47. The molecule has 0 saturated carbocycles. The summed E-state index contributed by atoms with van der Waals surface area (Å²) in [6.45, 7) is 1.31. The second kappa shape index (κ2) is 6.72. The smallest absolute Gasteiger partial charge is 0.339 e. The van der Waals surface area contributed by atoms with Crippen LogP contribution < -0.4 is 0 Å². The van der Waals surface area contributed by atoms with Crippen LogP contribution >= 0.6 is 23.2 Å². The van der Waals surface area contributed by atoms with Gasteiger partial charge in [-0.15, -0.1) is 0 Å². The number of nitro benzene ring substituents is 1. The van der Waals surface area contributed by atoms with E-state index >= 15 is 0 Å². The predicted molar refractivity (Wildman–Crippen MR) is 81.2 cm³/mol. The fourth-order valence-corrected chi connectivity index (χ4v) is 2.14. The Hall–Kier alpha value is -2.18. The number of nitro groups is 1. The second-order valence-electron chi connectivity index (χ2n) is 4.35. The van der Waals surface area contributed by atoms with Gasteiger partial charge in [0.2, 0.25) is 0 Å². The van der Waals surface area contributed by atoms with Crippen molar-refractivity contribution >= 4 is 34.9 Å². The molecule has 0 aliphatic rings. The first-order chi connectivity index (χ1) is 10.4. The Morgan fingerprint density at radius 3 is 2.73 bits per heavy atom. The molecule has 1 aromatic heterocycles. The van der Waals surface area contributed by atoms with Gasteiger partial charge < -0.3 is 4.74 Å². The van der Waals surface area contributed by atoms with Crippen molar-refractivity contribution in [1.29, 1.82) is 0 Å². The maximum Gasteiger partial charge on any atom is 0.339 e. The van der Waals surface area contributed by atoms with Crippen LogP contribution in [0.3, 0.4) is 0 Å². The van der Waals surface area contributed by atoms with E-state index in [4.69, 9.17) is 27.9 Å². The van der Waals surface area contributed by atoms with Crippen LogP contribution in [0.1, 0.15) is 21.6 Å². The summed E-state index contributed by atoms with van der Waals surface area (Å²) in [4.78, 5) is 26.3. The van der Waals surface area contributed by atoms with Gasteiger partial charge in [-0.3, -0.25) is 10.1 Å². The van der Waals surface area contributed by atoms with Crippen molar-refractivity contribution in [3.63, 3.8) is 0 Å². The predicted octanol–water partition coefficient (Wildman–Crippen LogP) is 3.96. The summed E-state index contributed by atoms with van der Waals surface area (Å²) in [6.07, 6.45) is 0. The van der Waals surface area contributed by atoms with Crippen LogP contribution in [0.4, 0.5) is 5.69 Å². The Labute approximate surface area is 135 Å². The minimum absolute atomic E-state index is 0.118. The molecule has 22 heavy (non-hydrogen) atoms. The van der Waals surface area contributed by atoms with E-state index in [1.54, 1.807) is 6.07 Å². The molecular formula is C14H10Cl2N2O4. The maximum atomic E-state index is 12.1. The van der Waals surface area contributed by atoms with Crippen molar-refractivity contribution in [3.8, 4) is 0 Å². The molecule has 0 fully saturated rings. The van der Waals surface area contributed by atoms with Crippen LogP contribution in [0.25, 0.3) is 0 Å². The Morgan fingerprint density at radius 1 is 1.32 bits per heavy atom. The van der Waals surface area contributed by atoms with Gasteiger partial charge >= 0.3 is 5.97 Å². The molecule has 0 aliphatic heterocycles. The highest BCUT2D eigenvalue weighted by atomic mass is 35.5. The highest BCUT2D eigenvalue weighted by Crippen LogP contribution is 2.23. The van der Waals surface area contributed by atoms with Gasteiger partial charge in [-0.25, -0.2) is 9.78 Å². The van der Waals surface area contributed by atoms with Crippen LogP contribution in [0, 0.1) is 17.0 Å². The molecule has 0 N–H and O–H groups in total. The third kappa shape index (κ3) is 3.52. The summed E-state index contributed by atoms with van der Waals surface area (Å²) in [5.41, 5.74) is 0.522. The molecule has 0 saturated heterocycles. The summed E-state index contributed by atoms with van der Waals surface area (Å²) in [6, 6.07) is 7.25. The van der Waals surface area contributed by atoms with Crippen LogP contribution in [0.15, 0.2) is 30.3 Å². The van der Waals surface area contributed by atoms with Crippen LogP contribution in [-0.2, 0) is 11.3 Å².